The highest BCUT2D eigenvalue weighted by Gasteiger charge is 2.18. The van der Waals surface area contributed by atoms with Gasteiger partial charge < -0.3 is 9.30 Å². The van der Waals surface area contributed by atoms with E-state index in [4.69, 9.17) is 4.74 Å². The van der Waals surface area contributed by atoms with Crippen molar-refractivity contribution in [2.75, 3.05) is 7.11 Å². The van der Waals surface area contributed by atoms with E-state index in [2.05, 4.69) is 36.5 Å². The second kappa shape index (κ2) is 5.85. The molecule has 0 saturated carbocycles. The molecule has 0 atom stereocenters. The largest absolute Gasteiger partial charge is 0.464 e. The molecule has 1 aromatic heterocycles. The fourth-order valence-corrected chi connectivity index (χ4v) is 3.24. The molecule has 0 N–H and O–H groups in total. The lowest BCUT2D eigenvalue weighted by Crippen LogP contribution is -2.11. The van der Waals surface area contributed by atoms with Crippen molar-refractivity contribution >= 4 is 27.5 Å². The third-order valence-corrected chi connectivity index (χ3v) is 4.37. The minimum Gasteiger partial charge on any atom is -0.464 e. The summed E-state index contributed by atoms with van der Waals surface area (Å²) in [7, 11) is 1.43. The number of methoxy groups -OCH3 is 1. The first-order chi connectivity index (χ1) is 11.8. The zero-order valence-corrected chi connectivity index (χ0v) is 13.4. The highest BCUT2D eigenvalue weighted by atomic mass is 16.5. The lowest BCUT2D eigenvalue weighted by Gasteiger charge is -2.08. The molecule has 0 radical (unpaired) electrons. The van der Waals surface area contributed by atoms with E-state index in [9.17, 15) is 4.79 Å². The van der Waals surface area contributed by atoms with Crippen molar-refractivity contribution in [3.63, 3.8) is 0 Å². The van der Waals surface area contributed by atoms with Gasteiger partial charge >= 0.3 is 5.97 Å². The average Bonchev–Trinajstić information content (AvgIpc) is 3.00. The minimum absolute atomic E-state index is 0.309. The molecule has 4 aromatic rings. The third-order valence-electron chi connectivity index (χ3n) is 4.37. The molecule has 0 amide bonds. The number of ether oxygens (including phenoxy) is 1. The molecule has 0 spiro atoms. The molecule has 3 nitrogen and oxygen atoms in total. The highest BCUT2D eigenvalue weighted by Crippen LogP contribution is 2.30. The van der Waals surface area contributed by atoms with Gasteiger partial charge in [-0.1, -0.05) is 66.7 Å². The summed E-state index contributed by atoms with van der Waals surface area (Å²) >= 11 is 0. The molecule has 3 heteroatoms. The van der Waals surface area contributed by atoms with Crippen LogP contribution in [0, 0.1) is 0 Å². The van der Waals surface area contributed by atoms with Gasteiger partial charge in [0.2, 0.25) is 0 Å². The Bertz CT molecular complexity index is 1030. The normalized spacial score (nSPS) is 11.0. The van der Waals surface area contributed by atoms with Gasteiger partial charge in [0, 0.05) is 23.5 Å². The van der Waals surface area contributed by atoms with Gasteiger partial charge in [-0.3, -0.25) is 0 Å². The lowest BCUT2D eigenvalue weighted by molar-refractivity contribution is 0.0591. The summed E-state index contributed by atoms with van der Waals surface area (Å²) in [6.45, 7) is 0.633. The number of aromatic nitrogens is 1. The van der Waals surface area contributed by atoms with Gasteiger partial charge in [-0.2, -0.15) is 0 Å². The minimum atomic E-state index is -0.309. The van der Waals surface area contributed by atoms with E-state index in [0.29, 0.717) is 12.2 Å². The van der Waals surface area contributed by atoms with Crippen LogP contribution in [0.5, 0.6) is 0 Å². The molecular weight excluding hydrogens is 298 g/mol. The number of esters is 1. The van der Waals surface area contributed by atoms with Crippen molar-refractivity contribution in [2.45, 2.75) is 6.54 Å². The van der Waals surface area contributed by atoms with Crippen molar-refractivity contribution in [1.82, 2.24) is 4.57 Å². The lowest BCUT2D eigenvalue weighted by atomic mass is 10.0. The number of hydrogen-bond acceptors (Lipinski definition) is 2. The van der Waals surface area contributed by atoms with Crippen LogP contribution in [0.2, 0.25) is 0 Å². The topological polar surface area (TPSA) is 31.2 Å². The first kappa shape index (κ1) is 14.5. The second-order valence-electron chi connectivity index (χ2n) is 5.83. The monoisotopic (exact) mass is 315 g/mol. The predicted octanol–water partition coefficient (Wildman–Crippen LogP) is 4.63. The van der Waals surface area contributed by atoms with Gasteiger partial charge in [0.25, 0.3) is 0 Å². The Balaban J connectivity index is 1.97. The zero-order valence-electron chi connectivity index (χ0n) is 13.4. The molecule has 1 heterocycles. The van der Waals surface area contributed by atoms with Gasteiger partial charge in [0.05, 0.1) is 7.11 Å². The number of carbonyl (C=O) groups excluding carboxylic acids is 1. The van der Waals surface area contributed by atoms with E-state index in [1.54, 1.807) is 0 Å². The molecule has 0 fully saturated rings. The van der Waals surface area contributed by atoms with E-state index >= 15 is 0 Å². The van der Waals surface area contributed by atoms with Crippen LogP contribution in [0.4, 0.5) is 0 Å². The standard InChI is InChI=1S/C21H17NO2/c1-24-21(23)20-18-12-11-16-9-5-6-10-17(16)19(18)14-22(20)13-15-7-3-2-4-8-15/h2-12,14H,13H2,1H3. The summed E-state index contributed by atoms with van der Waals surface area (Å²) < 4.78 is 7.02. The number of benzene rings is 3. The fourth-order valence-electron chi connectivity index (χ4n) is 3.24. The molecule has 24 heavy (non-hydrogen) atoms. The van der Waals surface area contributed by atoms with E-state index in [1.807, 2.05) is 41.0 Å². The number of hydrogen-bond donors (Lipinski definition) is 0. The predicted molar refractivity (Wildman–Crippen MR) is 96.3 cm³/mol. The van der Waals surface area contributed by atoms with Gasteiger partial charge in [-0.15, -0.1) is 0 Å². The number of fused-ring (bicyclic) bond motifs is 3. The van der Waals surface area contributed by atoms with Crippen molar-refractivity contribution in [2.24, 2.45) is 0 Å². The summed E-state index contributed by atoms with van der Waals surface area (Å²) in [5.41, 5.74) is 1.74. The summed E-state index contributed by atoms with van der Waals surface area (Å²) in [5.74, 6) is -0.309. The molecule has 0 bridgehead atoms. The quantitative estimate of drug-likeness (QED) is 0.516. The van der Waals surface area contributed by atoms with Crippen molar-refractivity contribution in [3.8, 4) is 0 Å². The molecule has 0 aliphatic carbocycles. The molecule has 0 aliphatic rings. The molecule has 0 aliphatic heterocycles. The molecular formula is C21H17NO2. The van der Waals surface area contributed by atoms with Crippen LogP contribution < -0.4 is 0 Å². The summed E-state index contributed by atoms with van der Waals surface area (Å²) in [6, 6.07) is 22.4. The first-order valence-corrected chi connectivity index (χ1v) is 7.91. The van der Waals surface area contributed by atoms with Crippen LogP contribution in [0.25, 0.3) is 21.5 Å². The van der Waals surface area contributed by atoms with Crippen LogP contribution in [-0.2, 0) is 11.3 Å². The molecule has 4 rings (SSSR count). The Morgan fingerprint density at radius 3 is 2.42 bits per heavy atom. The highest BCUT2D eigenvalue weighted by molar-refractivity contribution is 6.14. The number of carbonyl (C=O) groups is 1. The molecule has 118 valence electrons. The smallest absolute Gasteiger partial charge is 0.355 e. The fraction of sp³-hybridized carbons (Fsp3) is 0.0952. The number of nitrogens with zero attached hydrogens (tertiary/aromatic N) is 1. The van der Waals surface area contributed by atoms with Crippen LogP contribution in [0.1, 0.15) is 16.1 Å². The van der Waals surface area contributed by atoms with Crippen LogP contribution in [0.15, 0.2) is 72.9 Å². The Morgan fingerprint density at radius 2 is 1.62 bits per heavy atom. The van der Waals surface area contributed by atoms with Gasteiger partial charge in [0.15, 0.2) is 0 Å². The molecule has 0 saturated heterocycles. The van der Waals surface area contributed by atoms with Crippen LogP contribution in [-0.4, -0.2) is 17.6 Å². The Kier molecular flexibility index (Phi) is 3.54. The summed E-state index contributed by atoms with van der Waals surface area (Å²) in [5, 5.41) is 4.31. The maximum atomic E-state index is 12.4. The van der Waals surface area contributed by atoms with E-state index in [0.717, 1.165) is 21.7 Å². The van der Waals surface area contributed by atoms with Crippen LogP contribution in [0.3, 0.4) is 0 Å². The Labute approximate surface area is 140 Å². The van der Waals surface area contributed by atoms with Crippen molar-refractivity contribution < 1.29 is 9.53 Å². The third kappa shape index (κ3) is 2.35. The SMILES string of the molecule is COC(=O)c1c2ccc3ccccc3c2cn1Cc1ccccc1. The van der Waals surface area contributed by atoms with Crippen molar-refractivity contribution in [3.05, 3.63) is 84.2 Å². The second-order valence-corrected chi connectivity index (χ2v) is 5.83. The molecule has 3 aromatic carbocycles. The Hall–Kier alpha value is -3.07. The maximum absolute atomic E-state index is 12.4. The summed E-state index contributed by atoms with van der Waals surface area (Å²) in [4.78, 5) is 12.4. The van der Waals surface area contributed by atoms with Crippen molar-refractivity contribution in [1.29, 1.82) is 0 Å². The van der Waals surface area contributed by atoms with Gasteiger partial charge in [-0.25, -0.2) is 4.79 Å². The number of rotatable bonds is 3. The van der Waals surface area contributed by atoms with Gasteiger partial charge in [-0.05, 0) is 16.3 Å². The van der Waals surface area contributed by atoms with E-state index < -0.39 is 0 Å². The summed E-state index contributed by atoms with van der Waals surface area (Å²) in [6.07, 6.45) is 2.05. The van der Waals surface area contributed by atoms with Gasteiger partial charge in [0.1, 0.15) is 5.69 Å². The maximum Gasteiger partial charge on any atom is 0.355 e. The first-order valence-electron chi connectivity index (χ1n) is 7.91. The zero-order chi connectivity index (χ0) is 16.5. The van der Waals surface area contributed by atoms with E-state index in [1.165, 1.54) is 12.5 Å². The molecule has 0 unspecified atom stereocenters. The average molecular weight is 315 g/mol. The van der Waals surface area contributed by atoms with E-state index in [-0.39, 0.29) is 5.97 Å². The Morgan fingerprint density at radius 1 is 0.875 bits per heavy atom. The van der Waals surface area contributed by atoms with Crippen LogP contribution >= 0.6 is 0 Å².